The maximum atomic E-state index is 3.54. The lowest BCUT2D eigenvalue weighted by molar-refractivity contribution is 0.886. The van der Waals surface area contributed by atoms with Crippen LogP contribution in [-0.2, 0) is 6.42 Å². The van der Waals surface area contributed by atoms with Crippen molar-refractivity contribution in [2.24, 2.45) is 0 Å². The Kier molecular flexibility index (Phi) is 5.71. The Bertz CT molecular complexity index is 533. The first-order valence-electron chi connectivity index (χ1n) is 6.68. The Morgan fingerprint density at radius 3 is 2.37 bits per heavy atom. The van der Waals surface area contributed by atoms with Gasteiger partial charge in [-0.1, -0.05) is 63.0 Å². The Hall–Kier alpha value is -0.540. The van der Waals surface area contributed by atoms with Crippen LogP contribution in [0.2, 0.25) is 0 Å². The number of benzene rings is 2. The Morgan fingerprint density at radius 2 is 1.74 bits per heavy atom. The lowest BCUT2D eigenvalue weighted by Gasteiger charge is -2.23. The zero-order chi connectivity index (χ0) is 13.7. The highest BCUT2D eigenvalue weighted by Gasteiger charge is 2.07. The van der Waals surface area contributed by atoms with Crippen molar-refractivity contribution in [3.8, 4) is 0 Å². The number of alkyl halides is 2. The molecule has 1 nitrogen and oxygen atoms in total. The molecule has 0 aromatic heterocycles. The van der Waals surface area contributed by atoms with Crippen LogP contribution in [0.3, 0.4) is 0 Å². The number of hydrogen-bond acceptors (Lipinski definition) is 1. The maximum Gasteiger partial charge on any atom is 0.0373 e. The van der Waals surface area contributed by atoms with Crippen molar-refractivity contribution in [2.45, 2.75) is 13.3 Å². The molecule has 0 aliphatic rings. The van der Waals surface area contributed by atoms with Gasteiger partial charge in [0.05, 0.1) is 0 Å². The molecule has 0 aliphatic carbocycles. The van der Waals surface area contributed by atoms with Gasteiger partial charge >= 0.3 is 0 Å². The summed E-state index contributed by atoms with van der Waals surface area (Å²) in [6, 6.07) is 13.4. The second kappa shape index (κ2) is 7.30. The highest BCUT2D eigenvalue weighted by molar-refractivity contribution is 9.09. The number of halogens is 2. The molecular weight excluding hydrogens is 366 g/mol. The van der Waals surface area contributed by atoms with Crippen LogP contribution in [0.5, 0.6) is 0 Å². The molecule has 0 saturated heterocycles. The van der Waals surface area contributed by atoms with Crippen molar-refractivity contribution in [1.29, 1.82) is 0 Å². The number of fused-ring (bicyclic) bond motifs is 1. The fourth-order valence-corrected chi connectivity index (χ4v) is 3.26. The van der Waals surface area contributed by atoms with Gasteiger partial charge in [-0.3, -0.25) is 0 Å². The summed E-state index contributed by atoms with van der Waals surface area (Å²) in [6.07, 6.45) is 1.08. The summed E-state index contributed by atoms with van der Waals surface area (Å²) in [5.41, 5.74) is 2.74. The van der Waals surface area contributed by atoms with Gasteiger partial charge in [0.25, 0.3) is 0 Å². The van der Waals surface area contributed by atoms with Gasteiger partial charge in [0.1, 0.15) is 0 Å². The molecule has 0 saturated carbocycles. The molecule has 0 aliphatic heterocycles. The second-order valence-corrected chi connectivity index (χ2v) is 6.13. The number of rotatable bonds is 6. The summed E-state index contributed by atoms with van der Waals surface area (Å²) in [7, 11) is 0. The first-order valence-corrected chi connectivity index (χ1v) is 8.93. The van der Waals surface area contributed by atoms with Crippen molar-refractivity contribution in [3.05, 3.63) is 42.0 Å². The van der Waals surface area contributed by atoms with Crippen LogP contribution in [0.1, 0.15) is 12.5 Å². The van der Waals surface area contributed by atoms with Crippen molar-refractivity contribution in [3.63, 3.8) is 0 Å². The third-order valence-electron chi connectivity index (χ3n) is 3.41. The van der Waals surface area contributed by atoms with E-state index in [4.69, 9.17) is 0 Å². The van der Waals surface area contributed by atoms with E-state index < -0.39 is 0 Å². The van der Waals surface area contributed by atoms with Crippen molar-refractivity contribution in [1.82, 2.24) is 0 Å². The van der Waals surface area contributed by atoms with E-state index in [1.54, 1.807) is 0 Å². The minimum Gasteiger partial charge on any atom is -0.370 e. The van der Waals surface area contributed by atoms with Crippen LogP contribution >= 0.6 is 31.9 Å². The molecule has 102 valence electrons. The SMILES string of the molecule is CCc1cccc2ccc(N(CCBr)CCBr)cc12. The summed E-state index contributed by atoms with van der Waals surface area (Å²) in [4.78, 5) is 2.41. The first-order chi connectivity index (χ1) is 9.30. The van der Waals surface area contributed by atoms with Crippen LogP contribution in [0.15, 0.2) is 36.4 Å². The van der Waals surface area contributed by atoms with Gasteiger partial charge in [-0.2, -0.15) is 0 Å². The molecular formula is C16H19Br2N. The third-order valence-corrected chi connectivity index (χ3v) is 4.12. The summed E-state index contributed by atoms with van der Waals surface area (Å²) >= 11 is 7.08. The topological polar surface area (TPSA) is 3.24 Å². The van der Waals surface area contributed by atoms with E-state index in [-0.39, 0.29) is 0 Å². The lowest BCUT2D eigenvalue weighted by Crippen LogP contribution is -2.27. The smallest absolute Gasteiger partial charge is 0.0373 e. The molecule has 0 radical (unpaired) electrons. The molecule has 0 atom stereocenters. The quantitative estimate of drug-likeness (QED) is 0.633. The van der Waals surface area contributed by atoms with Gasteiger partial charge in [-0.15, -0.1) is 0 Å². The first kappa shape index (κ1) is 14.9. The predicted molar refractivity (Wildman–Crippen MR) is 93.1 cm³/mol. The van der Waals surface area contributed by atoms with Gasteiger partial charge in [0, 0.05) is 29.4 Å². The minimum absolute atomic E-state index is 0.994. The normalized spacial score (nSPS) is 10.9. The number of nitrogens with zero attached hydrogens (tertiary/aromatic N) is 1. The van der Waals surface area contributed by atoms with Gasteiger partial charge < -0.3 is 4.90 Å². The Morgan fingerprint density at radius 1 is 1.00 bits per heavy atom. The van der Waals surface area contributed by atoms with Crippen LogP contribution in [0.25, 0.3) is 10.8 Å². The van der Waals surface area contributed by atoms with Crippen molar-refractivity contribution in [2.75, 3.05) is 28.6 Å². The molecule has 19 heavy (non-hydrogen) atoms. The molecule has 3 heteroatoms. The molecule has 2 aromatic rings. The second-order valence-electron chi connectivity index (χ2n) is 4.54. The van der Waals surface area contributed by atoms with Crippen LogP contribution in [0, 0.1) is 0 Å². The molecule has 0 heterocycles. The van der Waals surface area contributed by atoms with Crippen molar-refractivity contribution >= 4 is 48.3 Å². The fraction of sp³-hybridized carbons (Fsp3) is 0.375. The average Bonchev–Trinajstić information content (AvgIpc) is 2.46. The number of anilines is 1. The molecule has 0 N–H and O–H groups in total. The molecule has 2 aromatic carbocycles. The monoisotopic (exact) mass is 383 g/mol. The summed E-state index contributed by atoms with van der Waals surface area (Å²) in [6.45, 7) is 4.28. The fourth-order valence-electron chi connectivity index (χ4n) is 2.40. The molecule has 0 amide bonds. The molecule has 0 spiro atoms. The van der Waals surface area contributed by atoms with E-state index in [9.17, 15) is 0 Å². The van der Waals surface area contributed by atoms with Crippen molar-refractivity contribution < 1.29 is 0 Å². The molecule has 2 rings (SSSR count). The number of hydrogen-bond donors (Lipinski definition) is 0. The van der Waals surface area contributed by atoms with Gasteiger partial charge in [-0.05, 0) is 34.9 Å². The maximum absolute atomic E-state index is 3.54. The van der Waals surface area contributed by atoms with Gasteiger partial charge in [0.2, 0.25) is 0 Å². The van der Waals surface area contributed by atoms with E-state index in [0.29, 0.717) is 0 Å². The summed E-state index contributed by atoms with van der Waals surface area (Å²) < 4.78 is 0. The van der Waals surface area contributed by atoms with Gasteiger partial charge in [0.15, 0.2) is 0 Å². The lowest BCUT2D eigenvalue weighted by atomic mass is 10.0. The molecule has 0 unspecified atom stereocenters. The number of aryl methyl sites for hydroxylation is 1. The minimum atomic E-state index is 0.994. The molecule has 0 bridgehead atoms. The highest BCUT2D eigenvalue weighted by Crippen LogP contribution is 2.25. The van der Waals surface area contributed by atoms with E-state index in [1.165, 1.54) is 22.0 Å². The predicted octanol–water partition coefficient (Wildman–Crippen LogP) is 5.00. The average molecular weight is 385 g/mol. The summed E-state index contributed by atoms with van der Waals surface area (Å²) in [5.74, 6) is 0. The van der Waals surface area contributed by atoms with E-state index >= 15 is 0 Å². The zero-order valence-electron chi connectivity index (χ0n) is 11.2. The highest BCUT2D eigenvalue weighted by atomic mass is 79.9. The third kappa shape index (κ3) is 3.51. The van der Waals surface area contributed by atoms with E-state index in [2.05, 4.69) is 80.1 Å². The van der Waals surface area contributed by atoms with Gasteiger partial charge in [-0.25, -0.2) is 0 Å². The summed E-state index contributed by atoms with van der Waals surface area (Å²) in [5, 5.41) is 4.71. The van der Waals surface area contributed by atoms with E-state index in [1.807, 2.05) is 0 Å². The Labute approximate surface area is 132 Å². The van der Waals surface area contributed by atoms with Crippen LogP contribution in [-0.4, -0.2) is 23.7 Å². The Balaban J connectivity index is 2.43. The van der Waals surface area contributed by atoms with E-state index in [0.717, 1.165) is 30.2 Å². The zero-order valence-corrected chi connectivity index (χ0v) is 14.4. The van der Waals surface area contributed by atoms with Crippen LogP contribution < -0.4 is 4.90 Å². The molecule has 0 fully saturated rings. The van der Waals surface area contributed by atoms with Crippen LogP contribution in [0.4, 0.5) is 5.69 Å². The standard InChI is InChI=1S/C16H19Br2N/c1-2-13-4-3-5-14-6-7-15(12-16(13)14)19(10-8-17)11-9-18/h3-7,12H,2,8-11H2,1H3. The largest absolute Gasteiger partial charge is 0.370 e.